The zero-order chi connectivity index (χ0) is 20.9. The Balaban J connectivity index is 1.44. The Morgan fingerprint density at radius 1 is 1.03 bits per heavy atom. The maximum atomic E-state index is 13.0. The van der Waals surface area contributed by atoms with Crippen LogP contribution in [0.15, 0.2) is 48.5 Å². The first-order valence-corrected chi connectivity index (χ1v) is 10.6. The van der Waals surface area contributed by atoms with Crippen LogP contribution in [0.25, 0.3) is 0 Å². The van der Waals surface area contributed by atoms with E-state index in [0.29, 0.717) is 17.8 Å². The molecule has 0 aromatic heterocycles. The van der Waals surface area contributed by atoms with Gasteiger partial charge in [0.2, 0.25) is 5.91 Å². The van der Waals surface area contributed by atoms with Crippen molar-refractivity contribution in [2.75, 3.05) is 38.3 Å². The van der Waals surface area contributed by atoms with Crippen LogP contribution in [-0.4, -0.2) is 50.1 Å². The molecular formula is C24H29N3O3. The van der Waals surface area contributed by atoms with E-state index >= 15 is 0 Å². The van der Waals surface area contributed by atoms with Crippen LogP contribution >= 0.6 is 0 Å². The molecule has 158 valence electrons. The van der Waals surface area contributed by atoms with Crippen molar-refractivity contribution in [3.63, 3.8) is 0 Å². The molecule has 0 atom stereocenters. The molecule has 0 unspecified atom stereocenters. The Labute approximate surface area is 177 Å². The highest BCUT2D eigenvalue weighted by Crippen LogP contribution is 2.33. The topological polar surface area (TPSA) is 61.9 Å². The van der Waals surface area contributed by atoms with Gasteiger partial charge in [-0.3, -0.25) is 14.5 Å². The number of ether oxygens (including phenoxy) is 1. The van der Waals surface area contributed by atoms with Gasteiger partial charge < -0.3 is 15.0 Å². The summed E-state index contributed by atoms with van der Waals surface area (Å²) in [6.07, 6.45) is 1.88. The predicted molar refractivity (Wildman–Crippen MR) is 116 cm³/mol. The van der Waals surface area contributed by atoms with Gasteiger partial charge in [-0.05, 0) is 36.1 Å². The summed E-state index contributed by atoms with van der Waals surface area (Å²) in [6, 6.07) is 15.5. The monoisotopic (exact) mass is 407 g/mol. The fraction of sp³-hybridized carbons (Fsp3) is 0.417. The average Bonchev–Trinajstić information content (AvgIpc) is 3.63. The van der Waals surface area contributed by atoms with Crippen molar-refractivity contribution in [1.82, 2.24) is 10.2 Å². The molecule has 2 aliphatic rings. The fourth-order valence-corrected chi connectivity index (χ4v) is 3.84. The fourth-order valence-electron chi connectivity index (χ4n) is 3.84. The first-order chi connectivity index (χ1) is 14.6. The lowest BCUT2D eigenvalue weighted by Crippen LogP contribution is -2.36. The van der Waals surface area contributed by atoms with E-state index in [0.717, 1.165) is 51.3 Å². The van der Waals surface area contributed by atoms with Crippen LogP contribution < -0.4 is 10.2 Å². The molecule has 0 radical (unpaired) electrons. The van der Waals surface area contributed by atoms with Gasteiger partial charge in [0.1, 0.15) is 0 Å². The van der Waals surface area contributed by atoms with Gasteiger partial charge in [0, 0.05) is 39.1 Å². The summed E-state index contributed by atoms with van der Waals surface area (Å²) in [6.45, 7) is 4.69. The van der Waals surface area contributed by atoms with E-state index in [1.807, 2.05) is 30.3 Å². The first-order valence-electron chi connectivity index (χ1n) is 10.6. The third-order valence-corrected chi connectivity index (χ3v) is 5.82. The molecule has 1 heterocycles. The van der Waals surface area contributed by atoms with Gasteiger partial charge in [-0.15, -0.1) is 0 Å². The summed E-state index contributed by atoms with van der Waals surface area (Å²) >= 11 is 0. The Kier molecular flexibility index (Phi) is 6.45. The van der Waals surface area contributed by atoms with Gasteiger partial charge in [-0.25, -0.2) is 0 Å². The molecule has 2 fully saturated rings. The van der Waals surface area contributed by atoms with Gasteiger partial charge in [0.25, 0.3) is 5.91 Å². The number of nitrogens with zero attached hydrogens (tertiary/aromatic N) is 2. The molecule has 1 saturated carbocycles. The molecule has 1 N–H and O–H groups in total. The maximum absolute atomic E-state index is 13.0. The number of amides is 2. The molecule has 1 aliphatic heterocycles. The lowest BCUT2D eigenvalue weighted by atomic mass is 10.1. The number of carbonyl (C=O) groups is 2. The van der Waals surface area contributed by atoms with Crippen LogP contribution in [0.1, 0.15) is 34.3 Å². The minimum absolute atomic E-state index is 0.0890. The van der Waals surface area contributed by atoms with Crippen LogP contribution in [0.5, 0.6) is 0 Å². The standard InChI is InChI=1S/C24H29N3O3/c1-26(24(29)18-10-11-18)22-9-5-4-8-21(22)23(28)25-16-19-6-2-3-7-20(19)17-27-12-14-30-15-13-27/h2-9,18H,10-17H2,1H3,(H,25,28). The van der Waals surface area contributed by atoms with E-state index in [9.17, 15) is 9.59 Å². The van der Waals surface area contributed by atoms with E-state index < -0.39 is 0 Å². The normalized spacial score (nSPS) is 16.8. The van der Waals surface area contributed by atoms with E-state index in [-0.39, 0.29) is 17.7 Å². The lowest BCUT2D eigenvalue weighted by molar-refractivity contribution is -0.119. The summed E-state index contributed by atoms with van der Waals surface area (Å²) in [4.78, 5) is 29.4. The first kappa shape index (κ1) is 20.6. The Bertz CT molecular complexity index is 904. The quantitative estimate of drug-likeness (QED) is 0.767. The highest BCUT2D eigenvalue weighted by Gasteiger charge is 2.33. The van der Waals surface area contributed by atoms with Crippen molar-refractivity contribution in [2.24, 2.45) is 5.92 Å². The molecule has 2 aromatic carbocycles. The zero-order valence-electron chi connectivity index (χ0n) is 17.5. The van der Waals surface area contributed by atoms with Crippen molar-refractivity contribution < 1.29 is 14.3 Å². The molecular weight excluding hydrogens is 378 g/mol. The number of para-hydroxylation sites is 1. The summed E-state index contributed by atoms with van der Waals surface area (Å²) in [5.41, 5.74) is 3.51. The van der Waals surface area contributed by atoms with E-state index in [1.165, 1.54) is 5.56 Å². The summed E-state index contributed by atoms with van der Waals surface area (Å²) in [5, 5.41) is 3.05. The average molecular weight is 408 g/mol. The minimum atomic E-state index is -0.165. The van der Waals surface area contributed by atoms with Crippen LogP contribution in [0, 0.1) is 5.92 Å². The van der Waals surface area contributed by atoms with Crippen molar-refractivity contribution >= 4 is 17.5 Å². The second-order valence-electron chi connectivity index (χ2n) is 8.03. The van der Waals surface area contributed by atoms with E-state index in [4.69, 9.17) is 4.74 Å². The number of hydrogen-bond acceptors (Lipinski definition) is 4. The van der Waals surface area contributed by atoms with Crippen LogP contribution in [-0.2, 0) is 22.6 Å². The molecule has 30 heavy (non-hydrogen) atoms. The summed E-state index contributed by atoms with van der Waals surface area (Å²) < 4.78 is 5.43. The zero-order valence-corrected chi connectivity index (χ0v) is 17.5. The molecule has 2 aromatic rings. The minimum Gasteiger partial charge on any atom is -0.379 e. The number of morpholine rings is 1. The Morgan fingerprint density at radius 3 is 2.43 bits per heavy atom. The van der Waals surface area contributed by atoms with E-state index in [2.05, 4.69) is 22.3 Å². The molecule has 1 saturated heterocycles. The lowest BCUT2D eigenvalue weighted by Gasteiger charge is -2.27. The smallest absolute Gasteiger partial charge is 0.253 e. The number of rotatable bonds is 7. The SMILES string of the molecule is CN(C(=O)C1CC1)c1ccccc1C(=O)NCc1ccccc1CN1CCOCC1. The molecule has 1 aliphatic carbocycles. The maximum Gasteiger partial charge on any atom is 0.253 e. The van der Waals surface area contributed by atoms with Gasteiger partial charge in [0.15, 0.2) is 0 Å². The summed E-state index contributed by atoms with van der Waals surface area (Å²) in [7, 11) is 1.75. The highest BCUT2D eigenvalue weighted by molar-refractivity contribution is 6.05. The number of anilines is 1. The van der Waals surface area contributed by atoms with Crippen molar-refractivity contribution in [1.29, 1.82) is 0 Å². The van der Waals surface area contributed by atoms with E-state index in [1.54, 1.807) is 18.0 Å². The Morgan fingerprint density at radius 2 is 1.70 bits per heavy atom. The third kappa shape index (κ3) is 4.89. The van der Waals surface area contributed by atoms with Crippen LogP contribution in [0.4, 0.5) is 5.69 Å². The van der Waals surface area contributed by atoms with Crippen LogP contribution in [0.3, 0.4) is 0 Å². The summed E-state index contributed by atoms with van der Waals surface area (Å²) in [5.74, 6) is 0.0338. The van der Waals surface area contributed by atoms with Gasteiger partial charge in [0.05, 0.1) is 24.5 Å². The molecule has 6 nitrogen and oxygen atoms in total. The van der Waals surface area contributed by atoms with Crippen molar-refractivity contribution in [2.45, 2.75) is 25.9 Å². The van der Waals surface area contributed by atoms with Crippen molar-refractivity contribution in [3.05, 3.63) is 65.2 Å². The van der Waals surface area contributed by atoms with Gasteiger partial charge >= 0.3 is 0 Å². The molecule has 2 amide bonds. The third-order valence-electron chi connectivity index (χ3n) is 5.82. The highest BCUT2D eigenvalue weighted by atomic mass is 16.5. The Hall–Kier alpha value is -2.70. The second-order valence-corrected chi connectivity index (χ2v) is 8.03. The molecule has 4 rings (SSSR count). The number of nitrogens with one attached hydrogen (secondary N) is 1. The second kappa shape index (κ2) is 9.41. The van der Waals surface area contributed by atoms with Crippen molar-refractivity contribution in [3.8, 4) is 0 Å². The number of benzene rings is 2. The molecule has 0 bridgehead atoms. The molecule has 6 heteroatoms. The van der Waals surface area contributed by atoms with Crippen LogP contribution in [0.2, 0.25) is 0 Å². The van der Waals surface area contributed by atoms with Gasteiger partial charge in [-0.1, -0.05) is 36.4 Å². The predicted octanol–water partition coefficient (Wildman–Crippen LogP) is 2.82. The number of carbonyl (C=O) groups excluding carboxylic acids is 2. The number of hydrogen-bond donors (Lipinski definition) is 1. The largest absolute Gasteiger partial charge is 0.379 e. The molecule has 0 spiro atoms. The van der Waals surface area contributed by atoms with Gasteiger partial charge in [-0.2, -0.15) is 0 Å².